The third-order valence-electron chi connectivity index (χ3n) is 3.81. The Morgan fingerprint density at radius 1 is 1.28 bits per heavy atom. The summed E-state index contributed by atoms with van der Waals surface area (Å²) >= 11 is 0. The molecule has 2 heterocycles. The summed E-state index contributed by atoms with van der Waals surface area (Å²) in [6.07, 6.45) is -3.62. The summed E-state index contributed by atoms with van der Waals surface area (Å²) in [5.74, 6) is -0.485. The maximum Gasteiger partial charge on any atom is 0.344 e. The number of aliphatic hydroxyl groups excluding tert-OH is 2. The van der Waals surface area contributed by atoms with E-state index in [1.165, 1.54) is 6.20 Å². The lowest BCUT2D eigenvalue weighted by atomic mass is 10.1. The first-order chi connectivity index (χ1) is 12.0. The van der Waals surface area contributed by atoms with Crippen LogP contribution in [0.15, 0.2) is 42.4 Å². The van der Waals surface area contributed by atoms with Gasteiger partial charge in [0.1, 0.15) is 30.7 Å². The summed E-state index contributed by atoms with van der Waals surface area (Å²) in [6, 6.07) is 7.67. The van der Waals surface area contributed by atoms with E-state index in [9.17, 15) is 19.8 Å². The monoisotopic (exact) mass is 350 g/mol. The number of carbonyl (C=O) groups is 2. The van der Waals surface area contributed by atoms with Crippen LogP contribution < -0.4 is 16.5 Å². The second-order valence-corrected chi connectivity index (χ2v) is 5.54. The number of nitrogens with one attached hydrogen (secondary N) is 2. The number of ether oxygens (including phenoxy) is 2. The standard InChI is InChI=1S/C15H18N4O6/c16-10-6-17-19(15(23)18-10)13-12(21)11(20)9(25-13)7-24-14(22)8-4-2-1-3-5-8/h1-6,9,11-13,17,20-21H,7,16H2,(H,18,23)/t9-,11+,12+,13-/m1/s1. The molecule has 1 aromatic rings. The number of benzene rings is 1. The van der Waals surface area contributed by atoms with Crippen molar-refractivity contribution in [3.63, 3.8) is 0 Å². The van der Waals surface area contributed by atoms with E-state index in [0.717, 1.165) is 5.01 Å². The number of hydrazine groups is 1. The van der Waals surface area contributed by atoms with Gasteiger partial charge in [-0.15, -0.1) is 0 Å². The predicted molar refractivity (Wildman–Crippen MR) is 83.2 cm³/mol. The van der Waals surface area contributed by atoms with Crippen molar-refractivity contribution in [1.82, 2.24) is 15.8 Å². The van der Waals surface area contributed by atoms with Crippen LogP contribution in [0.25, 0.3) is 0 Å². The van der Waals surface area contributed by atoms with Gasteiger partial charge in [0.05, 0.1) is 11.8 Å². The Balaban J connectivity index is 1.60. The Morgan fingerprint density at radius 3 is 2.68 bits per heavy atom. The molecule has 0 radical (unpaired) electrons. The molecule has 2 amide bonds. The maximum absolute atomic E-state index is 11.9. The third-order valence-corrected chi connectivity index (χ3v) is 3.81. The summed E-state index contributed by atoms with van der Waals surface area (Å²) < 4.78 is 10.6. The van der Waals surface area contributed by atoms with Gasteiger partial charge >= 0.3 is 12.0 Å². The van der Waals surface area contributed by atoms with Gasteiger partial charge in [-0.2, -0.15) is 0 Å². The van der Waals surface area contributed by atoms with E-state index in [-0.39, 0.29) is 12.4 Å². The summed E-state index contributed by atoms with van der Waals surface area (Å²) in [6.45, 7) is -0.282. The van der Waals surface area contributed by atoms with Gasteiger partial charge in [-0.25, -0.2) is 14.6 Å². The number of aliphatic hydroxyl groups is 2. The van der Waals surface area contributed by atoms with Crippen LogP contribution in [-0.4, -0.2) is 58.4 Å². The molecule has 0 saturated carbocycles. The zero-order valence-electron chi connectivity index (χ0n) is 13.0. The van der Waals surface area contributed by atoms with E-state index in [1.807, 2.05) is 0 Å². The minimum Gasteiger partial charge on any atom is -0.459 e. The molecule has 3 rings (SSSR count). The van der Waals surface area contributed by atoms with Crippen molar-refractivity contribution < 1.29 is 29.3 Å². The first kappa shape index (κ1) is 17.0. The Hall–Kier alpha value is -2.82. The van der Waals surface area contributed by atoms with Crippen molar-refractivity contribution in [2.75, 3.05) is 6.61 Å². The molecule has 10 heteroatoms. The molecule has 1 saturated heterocycles. The van der Waals surface area contributed by atoms with Crippen LogP contribution in [0.1, 0.15) is 10.4 Å². The highest BCUT2D eigenvalue weighted by atomic mass is 16.6. The molecule has 25 heavy (non-hydrogen) atoms. The van der Waals surface area contributed by atoms with Crippen LogP contribution in [-0.2, 0) is 9.47 Å². The molecule has 10 nitrogen and oxygen atoms in total. The van der Waals surface area contributed by atoms with Crippen molar-refractivity contribution in [1.29, 1.82) is 0 Å². The van der Waals surface area contributed by atoms with Crippen LogP contribution in [0.5, 0.6) is 0 Å². The van der Waals surface area contributed by atoms with Gasteiger partial charge in [-0.05, 0) is 12.1 Å². The second kappa shape index (κ2) is 6.97. The summed E-state index contributed by atoms with van der Waals surface area (Å²) in [4.78, 5) is 23.8. The normalized spacial score (nSPS) is 28.8. The van der Waals surface area contributed by atoms with Crippen LogP contribution in [0.3, 0.4) is 0 Å². The SMILES string of the molecule is NC1=CNN([C@@H]2O[C@H](COC(=O)c3ccccc3)[C@H](O)[C@@H]2O)C(=O)N1. The maximum atomic E-state index is 11.9. The number of hydrogen-bond donors (Lipinski definition) is 5. The van der Waals surface area contributed by atoms with E-state index in [0.29, 0.717) is 5.56 Å². The molecule has 0 bridgehead atoms. The minimum absolute atomic E-state index is 0.0997. The number of amides is 2. The second-order valence-electron chi connectivity index (χ2n) is 5.54. The molecular formula is C15H18N4O6. The number of rotatable bonds is 4. The van der Waals surface area contributed by atoms with Gasteiger partial charge in [-0.3, -0.25) is 10.7 Å². The molecule has 4 atom stereocenters. The molecule has 2 aliphatic heterocycles. The van der Waals surface area contributed by atoms with E-state index in [4.69, 9.17) is 15.2 Å². The zero-order valence-corrected chi connectivity index (χ0v) is 13.0. The van der Waals surface area contributed by atoms with Crippen LogP contribution in [0, 0.1) is 0 Å². The summed E-state index contributed by atoms with van der Waals surface area (Å²) in [5, 5.41) is 23.5. The van der Waals surface area contributed by atoms with E-state index < -0.39 is 36.5 Å². The Bertz CT molecular complexity index is 682. The average molecular weight is 350 g/mol. The number of urea groups is 1. The summed E-state index contributed by atoms with van der Waals surface area (Å²) in [7, 11) is 0. The molecule has 0 aromatic heterocycles. The number of carbonyl (C=O) groups excluding carboxylic acids is 2. The van der Waals surface area contributed by atoms with Crippen LogP contribution in [0.2, 0.25) is 0 Å². The highest BCUT2D eigenvalue weighted by molar-refractivity contribution is 5.89. The van der Waals surface area contributed by atoms with Gasteiger partial charge in [0.25, 0.3) is 0 Å². The fraction of sp³-hybridized carbons (Fsp3) is 0.333. The molecule has 134 valence electrons. The van der Waals surface area contributed by atoms with Crippen molar-refractivity contribution in [3.8, 4) is 0 Å². The van der Waals surface area contributed by atoms with E-state index in [2.05, 4.69) is 10.7 Å². The first-order valence-electron chi connectivity index (χ1n) is 7.53. The van der Waals surface area contributed by atoms with E-state index >= 15 is 0 Å². The number of nitrogens with two attached hydrogens (primary N) is 1. The smallest absolute Gasteiger partial charge is 0.344 e. The topological polar surface area (TPSA) is 146 Å². The highest BCUT2D eigenvalue weighted by Gasteiger charge is 2.48. The van der Waals surface area contributed by atoms with Gasteiger partial charge in [-0.1, -0.05) is 18.2 Å². The Morgan fingerprint density at radius 2 is 2.00 bits per heavy atom. The van der Waals surface area contributed by atoms with Crippen molar-refractivity contribution in [2.45, 2.75) is 24.5 Å². The van der Waals surface area contributed by atoms with Crippen molar-refractivity contribution in [2.24, 2.45) is 5.73 Å². The van der Waals surface area contributed by atoms with E-state index in [1.54, 1.807) is 30.3 Å². The summed E-state index contributed by atoms with van der Waals surface area (Å²) in [5.41, 5.74) is 8.35. The highest BCUT2D eigenvalue weighted by Crippen LogP contribution is 2.24. The third kappa shape index (κ3) is 3.50. The lowest BCUT2D eigenvalue weighted by Crippen LogP contribution is -2.59. The van der Waals surface area contributed by atoms with Gasteiger partial charge < -0.3 is 25.4 Å². The van der Waals surface area contributed by atoms with Gasteiger partial charge in [0.15, 0.2) is 6.23 Å². The minimum atomic E-state index is -1.40. The number of esters is 1. The van der Waals surface area contributed by atoms with Crippen molar-refractivity contribution >= 4 is 12.0 Å². The molecule has 0 unspecified atom stereocenters. The van der Waals surface area contributed by atoms with Gasteiger partial charge in [0, 0.05) is 0 Å². The fourth-order valence-electron chi connectivity index (χ4n) is 2.50. The van der Waals surface area contributed by atoms with Crippen LogP contribution >= 0.6 is 0 Å². The number of nitrogens with zero attached hydrogens (tertiary/aromatic N) is 1. The Kier molecular flexibility index (Phi) is 4.74. The molecule has 0 aliphatic carbocycles. The molecular weight excluding hydrogens is 332 g/mol. The molecule has 1 aromatic carbocycles. The predicted octanol–water partition coefficient (Wildman–Crippen LogP) is -1.42. The van der Waals surface area contributed by atoms with Crippen LogP contribution in [0.4, 0.5) is 4.79 Å². The zero-order chi connectivity index (χ0) is 18.0. The molecule has 6 N–H and O–H groups in total. The first-order valence-corrected chi connectivity index (χ1v) is 7.53. The molecule has 1 fully saturated rings. The molecule has 0 spiro atoms. The number of hydrogen-bond acceptors (Lipinski definition) is 8. The lowest BCUT2D eigenvalue weighted by molar-refractivity contribution is -0.0934. The average Bonchev–Trinajstić information content (AvgIpc) is 2.89. The lowest BCUT2D eigenvalue weighted by Gasteiger charge is -2.32. The Labute approximate surface area is 142 Å². The van der Waals surface area contributed by atoms with Gasteiger partial charge in [0.2, 0.25) is 0 Å². The largest absolute Gasteiger partial charge is 0.459 e. The van der Waals surface area contributed by atoms with Crippen molar-refractivity contribution in [3.05, 3.63) is 47.9 Å². The molecule has 2 aliphatic rings. The quantitative estimate of drug-likeness (QED) is 0.416. The fourth-order valence-corrected chi connectivity index (χ4v) is 2.50.